The average Bonchev–Trinajstić information content (AvgIpc) is 2.51. The first-order valence-corrected chi connectivity index (χ1v) is 9.93. The number of likely N-dealkylation sites (N-methyl/N-ethyl adjacent to an activating group) is 1. The van der Waals surface area contributed by atoms with Crippen LogP contribution in [-0.2, 0) is 19.2 Å². The van der Waals surface area contributed by atoms with Crippen molar-refractivity contribution in [3.05, 3.63) is 0 Å². The van der Waals surface area contributed by atoms with E-state index in [0.717, 1.165) is 11.8 Å². The molecule has 1 unspecified atom stereocenters. The quantitative estimate of drug-likeness (QED) is 0.141. The van der Waals surface area contributed by atoms with Gasteiger partial charge in [-0.3, -0.25) is 14.4 Å². The number of thioether (sulfide) groups is 1. The van der Waals surface area contributed by atoms with Gasteiger partial charge < -0.3 is 20.5 Å². The Labute approximate surface area is 160 Å². The maximum Gasteiger partial charge on any atom is 0.237 e. The van der Waals surface area contributed by atoms with Crippen LogP contribution in [0.5, 0.6) is 0 Å². The van der Waals surface area contributed by atoms with Crippen molar-refractivity contribution in [2.45, 2.75) is 18.5 Å². The van der Waals surface area contributed by atoms with E-state index >= 15 is 0 Å². The van der Waals surface area contributed by atoms with Gasteiger partial charge in [0.25, 0.3) is 0 Å². The number of alkyl halides is 1. The van der Waals surface area contributed by atoms with Gasteiger partial charge in [-0.25, -0.2) is 0 Å². The molecule has 0 radical (unpaired) electrons. The van der Waals surface area contributed by atoms with Crippen LogP contribution in [0.3, 0.4) is 0 Å². The monoisotopic (exact) mass is 556 g/mol. The number of aldehydes is 1. The van der Waals surface area contributed by atoms with E-state index in [1.54, 1.807) is 29.6 Å². The Morgan fingerprint density at radius 2 is 1.95 bits per heavy atom. The number of nitrogens with one attached hydrogen (secondary N) is 2. The summed E-state index contributed by atoms with van der Waals surface area (Å²) in [6.45, 7) is -0.344. The van der Waals surface area contributed by atoms with Crippen LogP contribution in [0.25, 0.3) is 0 Å². The van der Waals surface area contributed by atoms with Gasteiger partial charge in [-0.1, -0.05) is 34.4 Å². The smallest absolute Gasteiger partial charge is 0.237 e. The van der Waals surface area contributed by atoms with Crippen LogP contribution >= 0.6 is 56.9 Å². The Kier molecular flexibility index (Phi) is 12.7. The molecule has 0 aromatic carbocycles. The number of carbonyl (C=O) groups excluding carboxylic acids is 4. The van der Waals surface area contributed by atoms with Gasteiger partial charge in [-0.05, 0) is 13.5 Å². The van der Waals surface area contributed by atoms with Crippen LogP contribution in [0.1, 0.15) is 6.42 Å². The van der Waals surface area contributed by atoms with Crippen molar-refractivity contribution in [3.8, 4) is 0 Å². The molecular formula is C12H18I2N2O5S. The fourth-order valence-electron chi connectivity index (χ4n) is 1.48. The van der Waals surface area contributed by atoms with Crippen LogP contribution in [0.2, 0.25) is 0 Å². The van der Waals surface area contributed by atoms with E-state index in [4.69, 9.17) is 5.11 Å². The zero-order valence-electron chi connectivity index (χ0n) is 11.9. The Bertz CT molecular complexity index is 411. The number of carbonyl (C=O) groups is 4. The lowest BCUT2D eigenvalue weighted by molar-refractivity contribution is -0.126. The van der Waals surface area contributed by atoms with E-state index < -0.39 is 23.9 Å². The van der Waals surface area contributed by atoms with E-state index in [2.05, 4.69) is 10.6 Å². The summed E-state index contributed by atoms with van der Waals surface area (Å²) in [6.07, 6.45) is 0.720. The summed E-state index contributed by atoms with van der Waals surface area (Å²) in [4.78, 5) is 45.7. The highest BCUT2D eigenvalue weighted by molar-refractivity contribution is 14.1. The highest BCUT2D eigenvalue weighted by atomic mass is 127. The second-order valence-corrected chi connectivity index (χ2v) is 7.24. The molecule has 0 aromatic heterocycles. The molecule has 0 aliphatic rings. The Balaban J connectivity index is 4.67. The summed E-state index contributed by atoms with van der Waals surface area (Å²) in [7, 11) is 1.55. The lowest BCUT2D eigenvalue weighted by Gasteiger charge is -2.21. The van der Waals surface area contributed by atoms with Gasteiger partial charge in [0.15, 0.2) is 5.12 Å². The van der Waals surface area contributed by atoms with Crippen molar-refractivity contribution >= 4 is 78.0 Å². The van der Waals surface area contributed by atoms with Gasteiger partial charge in [-0.15, -0.1) is 0 Å². The number of hydrogen-bond acceptors (Lipinski definition) is 7. The van der Waals surface area contributed by atoms with E-state index in [1.807, 2.05) is 22.6 Å². The number of rotatable bonds is 11. The summed E-state index contributed by atoms with van der Waals surface area (Å²) in [5.74, 6) is -0.921. The van der Waals surface area contributed by atoms with E-state index in [0.29, 0.717) is 10.7 Å². The van der Waals surface area contributed by atoms with Gasteiger partial charge in [0.05, 0.1) is 17.1 Å². The van der Waals surface area contributed by atoms with Gasteiger partial charge >= 0.3 is 0 Å². The lowest BCUT2D eigenvalue weighted by atomic mass is 10.0. The Hall–Kier alpha value is 0.210. The van der Waals surface area contributed by atoms with Crippen molar-refractivity contribution in [3.63, 3.8) is 0 Å². The molecule has 22 heavy (non-hydrogen) atoms. The zero-order valence-corrected chi connectivity index (χ0v) is 17.0. The molecule has 0 saturated carbocycles. The first-order valence-electron chi connectivity index (χ1n) is 6.34. The first-order chi connectivity index (χ1) is 10.4. The zero-order chi connectivity index (χ0) is 17.1. The third-order valence-electron chi connectivity index (χ3n) is 2.74. The predicted molar refractivity (Wildman–Crippen MR) is 101 cm³/mol. The number of halogens is 2. The molecule has 3 N–H and O–H groups in total. The van der Waals surface area contributed by atoms with E-state index in [-0.39, 0.29) is 27.7 Å². The SMILES string of the molecule is CN[C@@H](CC(C=O)CO)C(=O)N[C@@H](CSC(=O)CI)C(=O)I. The fraction of sp³-hybridized carbons (Fsp3) is 0.667. The average molecular weight is 556 g/mol. The molecule has 3 atom stereocenters. The minimum atomic E-state index is -0.773. The molecule has 0 heterocycles. The molecule has 0 saturated heterocycles. The summed E-state index contributed by atoms with van der Waals surface area (Å²) in [5, 5.41) is 14.3. The molecule has 0 fully saturated rings. The van der Waals surface area contributed by atoms with Crippen LogP contribution in [0.4, 0.5) is 0 Å². The normalized spacial score (nSPS) is 14.7. The highest BCUT2D eigenvalue weighted by Crippen LogP contribution is 2.11. The minimum absolute atomic E-state index is 0.0658. The molecule has 0 bridgehead atoms. The maximum absolute atomic E-state index is 12.1. The maximum atomic E-state index is 12.1. The lowest BCUT2D eigenvalue weighted by Crippen LogP contribution is -2.50. The Morgan fingerprint density at radius 3 is 2.36 bits per heavy atom. The van der Waals surface area contributed by atoms with Gasteiger partial charge in [0.1, 0.15) is 12.3 Å². The second kappa shape index (κ2) is 12.6. The van der Waals surface area contributed by atoms with Crippen LogP contribution in [-0.4, -0.2) is 62.1 Å². The highest BCUT2D eigenvalue weighted by Gasteiger charge is 2.26. The van der Waals surface area contributed by atoms with Crippen LogP contribution in [0, 0.1) is 5.92 Å². The number of aliphatic hydroxyl groups is 1. The summed E-state index contributed by atoms with van der Waals surface area (Å²) >= 11 is 4.50. The predicted octanol–water partition coefficient (Wildman–Crippen LogP) is -0.0869. The largest absolute Gasteiger partial charge is 0.396 e. The third-order valence-corrected chi connectivity index (χ3v) is 5.67. The second-order valence-electron chi connectivity index (χ2n) is 4.34. The molecular weight excluding hydrogens is 538 g/mol. The van der Waals surface area contributed by atoms with Crippen LogP contribution in [0.15, 0.2) is 0 Å². The summed E-state index contributed by atoms with van der Waals surface area (Å²) in [5.41, 5.74) is 0. The standard InChI is InChI=1S/C12H18I2N2O5S/c1-15-8(2-7(4-17)5-18)12(21)16-9(11(14)20)6-22-10(19)3-13/h4,7-9,15,18H,2-3,5-6H2,1H3,(H,16,21)/t7?,8-,9-/m0/s1. The summed E-state index contributed by atoms with van der Waals surface area (Å²) in [6, 6.07) is -1.48. The van der Waals surface area contributed by atoms with Crippen molar-refractivity contribution in [2.24, 2.45) is 5.92 Å². The number of amides is 1. The fourth-order valence-corrected chi connectivity index (χ4v) is 3.48. The van der Waals surface area contributed by atoms with Crippen molar-refractivity contribution in [2.75, 3.05) is 23.8 Å². The molecule has 0 aromatic rings. The summed E-state index contributed by atoms with van der Waals surface area (Å²) < 4.78 is 0.0542. The number of hydrogen-bond donors (Lipinski definition) is 3. The topological polar surface area (TPSA) is 113 Å². The van der Waals surface area contributed by atoms with E-state index in [1.165, 1.54) is 0 Å². The molecule has 0 spiro atoms. The number of aliphatic hydroxyl groups excluding tert-OH is 1. The molecule has 0 aliphatic heterocycles. The van der Waals surface area contributed by atoms with Crippen molar-refractivity contribution < 1.29 is 24.3 Å². The van der Waals surface area contributed by atoms with Crippen molar-refractivity contribution in [1.82, 2.24) is 10.6 Å². The molecule has 0 aliphatic carbocycles. The molecule has 7 nitrogen and oxygen atoms in total. The molecule has 1 amide bonds. The Morgan fingerprint density at radius 1 is 1.32 bits per heavy atom. The minimum Gasteiger partial charge on any atom is -0.396 e. The van der Waals surface area contributed by atoms with Gasteiger partial charge in [-0.2, -0.15) is 0 Å². The van der Waals surface area contributed by atoms with Crippen LogP contribution < -0.4 is 10.6 Å². The van der Waals surface area contributed by atoms with Crippen molar-refractivity contribution in [1.29, 1.82) is 0 Å². The molecule has 126 valence electrons. The van der Waals surface area contributed by atoms with Gasteiger partial charge in [0.2, 0.25) is 9.70 Å². The first kappa shape index (κ1) is 22.2. The van der Waals surface area contributed by atoms with Gasteiger partial charge in [0, 0.05) is 34.3 Å². The third kappa shape index (κ3) is 8.74. The van der Waals surface area contributed by atoms with E-state index in [9.17, 15) is 19.2 Å². The molecule has 10 heteroatoms. The molecule has 0 rings (SSSR count).